The number of ketones is 1. The van der Waals surface area contributed by atoms with Gasteiger partial charge in [-0.2, -0.15) is 0 Å². The Balaban J connectivity index is 2.33. The van der Waals surface area contributed by atoms with E-state index in [2.05, 4.69) is 55.4 Å². The zero-order valence-corrected chi connectivity index (χ0v) is 18.9. The van der Waals surface area contributed by atoms with Gasteiger partial charge in [0.15, 0.2) is 5.78 Å². The summed E-state index contributed by atoms with van der Waals surface area (Å²) < 4.78 is 0. The predicted molar refractivity (Wildman–Crippen MR) is 114 cm³/mol. The minimum absolute atomic E-state index is 0.0735. The predicted octanol–water partition coefficient (Wildman–Crippen LogP) is 7.00. The molecule has 0 fully saturated rings. The molecule has 0 heterocycles. The molecule has 0 aromatic carbocycles. The van der Waals surface area contributed by atoms with Crippen LogP contribution in [0.1, 0.15) is 93.9 Å². The lowest BCUT2D eigenvalue weighted by atomic mass is 9.67. The third-order valence-corrected chi connectivity index (χ3v) is 8.50. The van der Waals surface area contributed by atoms with Crippen molar-refractivity contribution in [2.45, 2.75) is 93.9 Å². The molecule has 3 aliphatic carbocycles. The molecule has 0 bridgehead atoms. The quantitative estimate of drug-likeness (QED) is 0.494. The van der Waals surface area contributed by atoms with Crippen molar-refractivity contribution < 1.29 is 4.79 Å². The highest BCUT2D eigenvalue weighted by molar-refractivity contribution is 7.81. The Hall–Kier alpha value is -0.760. The molecule has 0 N–H and O–H groups in total. The first-order chi connectivity index (χ1) is 12.0. The topological polar surface area (TPSA) is 17.1 Å². The molecule has 0 aromatic rings. The monoisotopic (exact) mass is 372 g/mol. The van der Waals surface area contributed by atoms with E-state index in [1.54, 1.807) is 0 Å². The third-order valence-electron chi connectivity index (χ3n) is 8.09. The Morgan fingerprint density at radius 1 is 0.692 bits per heavy atom. The normalized spacial score (nSPS) is 27.8. The van der Waals surface area contributed by atoms with E-state index in [9.17, 15) is 4.79 Å². The van der Waals surface area contributed by atoms with E-state index in [4.69, 9.17) is 12.2 Å². The van der Waals surface area contributed by atoms with Crippen molar-refractivity contribution in [3.63, 3.8) is 0 Å². The van der Waals surface area contributed by atoms with Crippen LogP contribution in [0.2, 0.25) is 0 Å². The average molecular weight is 373 g/mol. The van der Waals surface area contributed by atoms with Crippen molar-refractivity contribution in [3.8, 4) is 0 Å². The number of hydrogen-bond acceptors (Lipinski definition) is 2. The van der Waals surface area contributed by atoms with Crippen molar-refractivity contribution in [1.29, 1.82) is 0 Å². The standard InChI is InChI=1S/C24H36OS/c1-9-23(10-2)13-21(5,6)15-17(23)20(26)18-16(19(15)25)22(7,8)14-24(18,11-3)12-4/h9-14H2,1-8H3. The van der Waals surface area contributed by atoms with Gasteiger partial charge in [0.05, 0.1) is 0 Å². The first-order valence-electron chi connectivity index (χ1n) is 10.6. The molecule has 144 valence electrons. The van der Waals surface area contributed by atoms with Gasteiger partial charge < -0.3 is 0 Å². The van der Waals surface area contributed by atoms with Crippen molar-refractivity contribution in [1.82, 2.24) is 0 Å². The second kappa shape index (κ2) is 5.87. The molecule has 3 aliphatic rings. The second-order valence-electron chi connectivity index (χ2n) is 10.3. The van der Waals surface area contributed by atoms with E-state index in [0.717, 1.165) is 54.5 Å². The van der Waals surface area contributed by atoms with Gasteiger partial charge in [-0.1, -0.05) is 67.6 Å². The van der Waals surface area contributed by atoms with E-state index < -0.39 is 0 Å². The lowest BCUT2D eigenvalue weighted by molar-refractivity contribution is -0.114. The summed E-state index contributed by atoms with van der Waals surface area (Å²) >= 11 is 6.23. The molecule has 0 aromatic heterocycles. The van der Waals surface area contributed by atoms with Gasteiger partial charge in [0.25, 0.3) is 0 Å². The fourth-order valence-corrected chi connectivity index (χ4v) is 7.40. The third kappa shape index (κ3) is 2.26. The molecule has 0 amide bonds. The van der Waals surface area contributed by atoms with E-state index in [0.29, 0.717) is 5.78 Å². The van der Waals surface area contributed by atoms with Crippen LogP contribution >= 0.6 is 12.2 Å². The van der Waals surface area contributed by atoms with Crippen LogP contribution < -0.4 is 0 Å². The summed E-state index contributed by atoms with van der Waals surface area (Å²) in [6, 6.07) is 0. The minimum atomic E-state index is -0.0826. The van der Waals surface area contributed by atoms with Crippen LogP contribution in [0.3, 0.4) is 0 Å². The first-order valence-corrected chi connectivity index (χ1v) is 11.0. The van der Waals surface area contributed by atoms with Gasteiger partial charge in [0, 0.05) is 16.0 Å². The summed E-state index contributed by atoms with van der Waals surface area (Å²) in [6.07, 6.45) is 6.37. The number of carbonyl (C=O) groups is 1. The lowest BCUT2D eigenvalue weighted by Gasteiger charge is -2.37. The number of thiocarbonyl (C=S) groups is 1. The SMILES string of the molecule is CCC1(CC)CC(C)(C)C2=C1C(=S)C1=C(C2=O)C(C)(C)CC1(CC)CC. The number of hydrogen-bond donors (Lipinski definition) is 0. The highest BCUT2D eigenvalue weighted by Crippen LogP contribution is 2.66. The molecule has 26 heavy (non-hydrogen) atoms. The van der Waals surface area contributed by atoms with Crippen molar-refractivity contribution >= 4 is 22.9 Å². The van der Waals surface area contributed by atoms with Crippen LogP contribution in [-0.4, -0.2) is 10.6 Å². The summed E-state index contributed by atoms with van der Waals surface area (Å²) in [5.41, 5.74) is 4.61. The molecule has 0 unspecified atom stereocenters. The molecular formula is C24H36OS. The molecular weight excluding hydrogens is 336 g/mol. The number of carbonyl (C=O) groups excluding carboxylic acids is 1. The fraction of sp³-hybridized carbons (Fsp3) is 0.750. The maximum Gasteiger partial charge on any atom is 0.186 e. The van der Waals surface area contributed by atoms with Gasteiger partial charge >= 0.3 is 0 Å². The van der Waals surface area contributed by atoms with Crippen LogP contribution in [0.5, 0.6) is 0 Å². The minimum Gasteiger partial charge on any atom is -0.289 e. The molecule has 1 nitrogen and oxygen atoms in total. The van der Waals surface area contributed by atoms with E-state index in [1.807, 2.05) is 0 Å². The average Bonchev–Trinajstić information content (AvgIpc) is 2.98. The zero-order chi connectivity index (χ0) is 19.7. The molecule has 3 rings (SSSR count). The maximum absolute atomic E-state index is 13.9. The van der Waals surface area contributed by atoms with Crippen molar-refractivity contribution in [2.24, 2.45) is 21.7 Å². The van der Waals surface area contributed by atoms with Gasteiger partial charge in [0.2, 0.25) is 0 Å². The highest BCUT2D eigenvalue weighted by atomic mass is 32.1. The van der Waals surface area contributed by atoms with Gasteiger partial charge in [-0.25, -0.2) is 0 Å². The van der Waals surface area contributed by atoms with E-state index in [1.165, 1.54) is 11.1 Å². The summed E-state index contributed by atoms with van der Waals surface area (Å²) in [5.74, 6) is 0.325. The number of rotatable bonds is 4. The summed E-state index contributed by atoms with van der Waals surface area (Å²) in [5, 5.41) is 0. The van der Waals surface area contributed by atoms with Gasteiger partial charge in [-0.05, 0) is 71.3 Å². The van der Waals surface area contributed by atoms with Crippen LogP contribution in [0.15, 0.2) is 22.3 Å². The van der Waals surface area contributed by atoms with Crippen molar-refractivity contribution in [2.75, 3.05) is 0 Å². The number of Topliss-reactive ketones (excluding diaryl/α,β-unsaturated/α-hetero) is 1. The summed E-state index contributed by atoms with van der Waals surface area (Å²) in [7, 11) is 0. The Kier molecular flexibility index (Phi) is 4.51. The van der Waals surface area contributed by atoms with Crippen LogP contribution in [0.4, 0.5) is 0 Å². The highest BCUT2D eigenvalue weighted by Gasteiger charge is 2.60. The van der Waals surface area contributed by atoms with Crippen LogP contribution in [0, 0.1) is 21.7 Å². The van der Waals surface area contributed by atoms with Gasteiger partial charge in [0.1, 0.15) is 0 Å². The number of allylic oxidation sites excluding steroid dienone is 4. The van der Waals surface area contributed by atoms with Gasteiger partial charge in [-0.15, -0.1) is 0 Å². The molecule has 0 atom stereocenters. The summed E-state index contributed by atoms with van der Waals surface area (Å²) in [4.78, 5) is 15.0. The van der Waals surface area contributed by atoms with Crippen LogP contribution in [0.25, 0.3) is 0 Å². The maximum atomic E-state index is 13.9. The Morgan fingerprint density at radius 2 is 1.00 bits per heavy atom. The Morgan fingerprint density at radius 3 is 1.27 bits per heavy atom. The zero-order valence-electron chi connectivity index (χ0n) is 18.1. The summed E-state index contributed by atoms with van der Waals surface area (Å²) in [6.45, 7) is 18.1. The van der Waals surface area contributed by atoms with Gasteiger partial charge in [-0.3, -0.25) is 4.79 Å². The molecule has 0 radical (unpaired) electrons. The largest absolute Gasteiger partial charge is 0.289 e. The van der Waals surface area contributed by atoms with E-state index in [-0.39, 0.29) is 21.7 Å². The molecule has 0 spiro atoms. The molecule has 0 saturated carbocycles. The lowest BCUT2D eigenvalue weighted by Crippen LogP contribution is -2.33. The molecule has 0 aliphatic heterocycles. The second-order valence-corrected chi connectivity index (χ2v) is 10.7. The van der Waals surface area contributed by atoms with Crippen LogP contribution in [-0.2, 0) is 4.79 Å². The van der Waals surface area contributed by atoms with Crippen molar-refractivity contribution in [3.05, 3.63) is 22.3 Å². The molecule has 0 saturated heterocycles. The fourth-order valence-electron chi connectivity index (χ4n) is 6.76. The Bertz CT molecular complexity index is 676. The molecule has 2 heteroatoms. The smallest absolute Gasteiger partial charge is 0.186 e. The Labute approximate surface area is 165 Å². The first kappa shape index (κ1) is 20.0. The van der Waals surface area contributed by atoms with E-state index >= 15 is 0 Å².